The molecule has 0 unspecified atom stereocenters. The van der Waals surface area contributed by atoms with Gasteiger partial charge in [0.1, 0.15) is 0 Å². The van der Waals surface area contributed by atoms with Gasteiger partial charge in [-0.05, 0) is 17.7 Å². The van der Waals surface area contributed by atoms with E-state index < -0.39 is 12.1 Å². The van der Waals surface area contributed by atoms with Crippen molar-refractivity contribution >= 4 is 11.7 Å². The summed E-state index contributed by atoms with van der Waals surface area (Å²) in [6, 6.07) is 6.39. The molecule has 0 aromatic heterocycles. The van der Waals surface area contributed by atoms with E-state index in [9.17, 15) is 9.90 Å². The van der Waals surface area contributed by atoms with Gasteiger partial charge in [-0.3, -0.25) is 0 Å². The third-order valence-corrected chi connectivity index (χ3v) is 1.68. The third-order valence-electron chi connectivity index (χ3n) is 1.68. The van der Waals surface area contributed by atoms with Gasteiger partial charge in [0.25, 0.3) is 0 Å². The second kappa shape index (κ2) is 3.91. The number of carbonyl (C=O) groups is 1. The summed E-state index contributed by atoms with van der Waals surface area (Å²) < 4.78 is 4.38. The van der Waals surface area contributed by atoms with Crippen LogP contribution in [0.4, 0.5) is 5.69 Å². The summed E-state index contributed by atoms with van der Waals surface area (Å²) in [4.78, 5) is 10.9. The summed E-state index contributed by atoms with van der Waals surface area (Å²) in [5, 5.41) is 9.36. The average Bonchev–Trinajstić information content (AvgIpc) is 2.17. The Kier molecular flexibility index (Phi) is 2.87. The van der Waals surface area contributed by atoms with Crippen molar-refractivity contribution in [2.45, 2.75) is 6.10 Å². The van der Waals surface area contributed by atoms with Crippen molar-refractivity contribution in [3.8, 4) is 0 Å². The number of benzene rings is 1. The van der Waals surface area contributed by atoms with Gasteiger partial charge in [0.05, 0.1) is 7.11 Å². The molecule has 0 aliphatic heterocycles. The largest absolute Gasteiger partial charge is 0.467 e. The van der Waals surface area contributed by atoms with Crippen molar-refractivity contribution in [2.24, 2.45) is 0 Å². The molecule has 0 bridgehead atoms. The van der Waals surface area contributed by atoms with Gasteiger partial charge in [-0.25, -0.2) is 4.79 Å². The first-order valence-electron chi connectivity index (χ1n) is 3.76. The monoisotopic (exact) mass is 181 g/mol. The van der Waals surface area contributed by atoms with Crippen molar-refractivity contribution in [2.75, 3.05) is 12.8 Å². The van der Waals surface area contributed by atoms with Crippen molar-refractivity contribution in [3.63, 3.8) is 0 Å². The van der Waals surface area contributed by atoms with E-state index in [1.807, 2.05) is 0 Å². The highest BCUT2D eigenvalue weighted by molar-refractivity contribution is 5.76. The number of nitrogens with two attached hydrogens (primary N) is 1. The normalized spacial score (nSPS) is 12.2. The zero-order valence-electron chi connectivity index (χ0n) is 7.23. The maximum atomic E-state index is 10.9. The van der Waals surface area contributed by atoms with Crippen LogP contribution in [0.5, 0.6) is 0 Å². The number of methoxy groups -OCH3 is 1. The molecule has 0 amide bonds. The SMILES string of the molecule is COC(=O)[C@H](O)c1ccc(N)cc1. The number of nitrogen functional groups attached to an aromatic ring is 1. The summed E-state index contributed by atoms with van der Waals surface area (Å²) >= 11 is 0. The van der Waals surface area contributed by atoms with Crippen LogP contribution in [0.15, 0.2) is 24.3 Å². The van der Waals surface area contributed by atoms with E-state index in [4.69, 9.17) is 5.73 Å². The van der Waals surface area contributed by atoms with E-state index in [0.29, 0.717) is 11.3 Å². The van der Waals surface area contributed by atoms with Gasteiger partial charge in [0.2, 0.25) is 0 Å². The summed E-state index contributed by atoms with van der Waals surface area (Å²) in [5.41, 5.74) is 6.49. The minimum Gasteiger partial charge on any atom is -0.467 e. The number of rotatable bonds is 2. The molecule has 3 N–H and O–H groups in total. The zero-order valence-corrected chi connectivity index (χ0v) is 7.23. The molecular weight excluding hydrogens is 170 g/mol. The van der Waals surface area contributed by atoms with Crippen molar-refractivity contribution < 1.29 is 14.6 Å². The molecule has 0 aliphatic rings. The summed E-state index contributed by atoms with van der Waals surface area (Å²) in [6.45, 7) is 0. The maximum Gasteiger partial charge on any atom is 0.339 e. The number of ether oxygens (including phenoxy) is 1. The molecule has 0 heterocycles. The third kappa shape index (κ3) is 2.19. The maximum absolute atomic E-state index is 10.9. The Morgan fingerprint density at radius 2 is 2.00 bits per heavy atom. The van der Waals surface area contributed by atoms with Crippen molar-refractivity contribution in [3.05, 3.63) is 29.8 Å². The second-order valence-electron chi connectivity index (χ2n) is 2.59. The fourth-order valence-corrected chi connectivity index (χ4v) is 0.926. The molecule has 1 aromatic rings. The molecule has 0 fully saturated rings. The Hall–Kier alpha value is -1.55. The highest BCUT2D eigenvalue weighted by Gasteiger charge is 2.16. The molecule has 0 aliphatic carbocycles. The minimum absolute atomic E-state index is 0.473. The molecule has 0 saturated carbocycles. The first kappa shape index (κ1) is 9.54. The van der Waals surface area contributed by atoms with Crippen LogP contribution in [-0.4, -0.2) is 18.2 Å². The molecule has 4 heteroatoms. The Labute approximate surface area is 75.9 Å². The lowest BCUT2D eigenvalue weighted by Crippen LogP contribution is -2.13. The number of anilines is 1. The Morgan fingerprint density at radius 1 is 1.46 bits per heavy atom. The van der Waals surface area contributed by atoms with E-state index in [-0.39, 0.29) is 0 Å². The predicted molar refractivity (Wildman–Crippen MR) is 47.8 cm³/mol. The van der Waals surface area contributed by atoms with E-state index in [0.717, 1.165) is 0 Å². The molecule has 70 valence electrons. The molecule has 1 atom stereocenters. The number of carbonyl (C=O) groups excluding carboxylic acids is 1. The van der Waals surface area contributed by atoms with E-state index in [1.165, 1.54) is 7.11 Å². The number of hydrogen-bond acceptors (Lipinski definition) is 4. The lowest BCUT2D eigenvalue weighted by Gasteiger charge is -2.07. The van der Waals surface area contributed by atoms with Crippen LogP contribution in [0.1, 0.15) is 11.7 Å². The standard InChI is InChI=1S/C9H11NO3/c1-13-9(12)8(11)6-2-4-7(10)5-3-6/h2-5,8,11H,10H2,1H3/t8-/m1/s1. The van der Waals surface area contributed by atoms with Crippen LogP contribution in [0.25, 0.3) is 0 Å². The fraction of sp³-hybridized carbons (Fsp3) is 0.222. The quantitative estimate of drug-likeness (QED) is 0.514. The molecule has 4 nitrogen and oxygen atoms in total. The van der Waals surface area contributed by atoms with Crippen LogP contribution >= 0.6 is 0 Å². The number of hydrogen-bond donors (Lipinski definition) is 2. The van der Waals surface area contributed by atoms with Gasteiger partial charge in [-0.1, -0.05) is 12.1 Å². The van der Waals surface area contributed by atoms with Gasteiger partial charge < -0.3 is 15.6 Å². The van der Waals surface area contributed by atoms with Crippen LogP contribution in [-0.2, 0) is 9.53 Å². The van der Waals surface area contributed by atoms with E-state index in [1.54, 1.807) is 24.3 Å². The molecule has 1 rings (SSSR count). The highest BCUT2D eigenvalue weighted by Crippen LogP contribution is 2.15. The first-order chi connectivity index (χ1) is 6.15. The van der Waals surface area contributed by atoms with E-state index >= 15 is 0 Å². The smallest absolute Gasteiger partial charge is 0.339 e. The molecule has 0 saturated heterocycles. The van der Waals surface area contributed by atoms with E-state index in [2.05, 4.69) is 4.74 Å². The summed E-state index contributed by atoms with van der Waals surface area (Å²) in [6.07, 6.45) is -1.23. The van der Waals surface area contributed by atoms with Gasteiger partial charge in [0.15, 0.2) is 6.10 Å². The first-order valence-corrected chi connectivity index (χ1v) is 3.76. The fourth-order valence-electron chi connectivity index (χ4n) is 0.926. The molecular formula is C9H11NO3. The Balaban J connectivity index is 2.83. The minimum atomic E-state index is -1.23. The lowest BCUT2D eigenvalue weighted by atomic mass is 10.1. The number of esters is 1. The van der Waals surface area contributed by atoms with Crippen LogP contribution in [0.2, 0.25) is 0 Å². The van der Waals surface area contributed by atoms with Crippen LogP contribution < -0.4 is 5.73 Å². The van der Waals surface area contributed by atoms with Gasteiger partial charge in [0, 0.05) is 5.69 Å². The van der Waals surface area contributed by atoms with Gasteiger partial charge >= 0.3 is 5.97 Å². The van der Waals surface area contributed by atoms with Crippen LogP contribution in [0, 0.1) is 0 Å². The summed E-state index contributed by atoms with van der Waals surface area (Å²) in [7, 11) is 1.23. The lowest BCUT2D eigenvalue weighted by molar-refractivity contribution is -0.150. The summed E-state index contributed by atoms with van der Waals surface area (Å²) in [5.74, 6) is -0.676. The van der Waals surface area contributed by atoms with Crippen LogP contribution in [0.3, 0.4) is 0 Å². The predicted octanol–water partition coefficient (Wildman–Crippen LogP) is 0.475. The van der Waals surface area contributed by atoms with Gasteiger partial charge in [-0.15, -0.1) is 0 Å². The average molecular weight is 181 g/mol. The number of aliphatic hydroxyl groups is 1. The molecule has 1 aromatic carbocycles. The van der Waals surface area contributed by atoms with Gasteiger partial charge in [-0.2, -0.15) is 0 Å². The zero-order chi connectivity index (χ0) is 9.84. The Morgan fingerprint density at radius 3 is 2.46 bits per heavy atom. The number of aliphatic hydroxyl groups excluding tert-OH is 1. The second-order valence-corrected chi connectivity index (χ2v) is 2.59. The molecule has 13 heavy (non-hydrogen) atoms. The molecule has 0 spiro atoms. The topological polar surface area (TPSA) is 72.5 Å². The molecule has 0 radical (unpaired) electrons. The van der Waals surface area contributed by atoms with Crippen molar-refractivity contribution in [1.82, 2.24) is 0 Å². The Bertz CT molecular complexity index is 294. The highest BCUT2D eigenvalue weighted by atomic mass is 16.5. The van der Waals surface area contributed by atoms with Crippen molar-refractivity contribution in [1.29, 1.82) is 0 Å².